The summed E-state index contributed by atoms with van der Waals surface area (Å²) in [6, 6.07) is 7.55. The summed E-state index contributed by atoms with van der Waals surface area (Å²) in [6.07, 6.45) is 3.92. The normalized spacial score (nSPS) is 11.2. The smallest absolute Gasteiger partial charge is 0.209 e. The van der Waals surface area contributed by atoms with E-state index in [1.807, 2.05) is 24.3 Å². The van der Waals surface area contributed by atoms with Crippen LogP contribution in [0.1, 0.15) is 25.7 Å². The number of oxazole rings is 1. The highest BCUT2D eigenvalue weighted by molar-refractivity contribution is 6.33. The molecule has 1 aromatic carbocycles. The average Bonchev–Trinajstić information content (AvgIpc) is 2.94. The van der Waals surface area contributed by atoms with Crippen molar-refractivity contribution in [2.75, 3.05) is 19.7 Å². The van der Waals surface area contributed by atoms with Crippen LogP contribution in [-0.2, 0) is 6.54 Å². The Balaban J connectivity index is 2.06. The second-order valence-electron chi connectivity index (χ2n) is 4.95. The van der Waals surface area contributed by atoms with E-state index >= 15 is 0 Å². The van der Waals surface area contributed by atoms with Crippen LogP contribution in [0.2, 0.25) is 5.02 Å². The Kier molecular flexibility index (Phi) is 6.23. The fourth-order valence-corrected chi connectivity index (χ4v) is 2.38. The zero-order valence-electron chi connectivity index (χ0n) is 12.3. The van der Waals surface area contributed by atoms with E-state index in [0.29, 0.717) is 29.8 Å². The summed E-state index contributed by atoms with van der Waals surface area (Å²) in [4.78, 5) is 6.46. The fraction of sp³-hybridized carbons (Fsp3) is 0.438. The van der Waals surface area contributed by atoms with Crippen LogP contribution in [0.15, 0.2) is 34.9 Å². The van der Waals surface area contributed by atoms with E-state index in [1.54, 1.807) is 6.20 Å². The fourth-order valence-electron chi connectivity index (χ4n) is 2.15. The number of unbranched alkanes of at least 4 members (excludes halogenated alkanes) is 1. The van der Waals surface area contributed by atoms with Gasteiger partial charge in [-0.15, -0.1) is 0 Å². The quantitative estimate of drug-likeness (QED) is 0.809. The number of aliphatic hydroxyl groups is 1. The van der Waals surface area contributed by atoms with Crippen LogP contribution in [0.25, 0.3) is 11.3 Å². The molecule has 0 aliphatic heterocycles. The van der Waals surface area contributed by atoms with Crippen molar-refractivity contribution in [3.63, 3.8) is 0 Å². The first-order valence-electron chi connectivity index (χ1n) is 7.27. The van der Waals surface area contributed by atoms with Gasteiger partial charge in [-0.25, -0.2) is 4.98 Å². The molecular formula is C16H21ClN2O2. The molecule has 0 saturated carbocycles. The zero-order valence-corrected chi connectivity index (χ0v) is 13.0. The van der Waals surface area contributed by atoms with E-state index in [4.69, 9.17) is 21.1 Å². The predicted octanol–water partition coefficient (Wildman–Crippen LogP) is 3.59. The lowest BCUT2D eigenvalue weighted by atomic mass is 10.2. The second kappa shape index (κ2) is 8.17. The molecular weight excluding hydrogens is 288 g/mol. The number of benzene rings is 1. The number of halogens is 1. The first kappa shape index (κ1) is 16.0. The van der Waals surface area contributed by atoms with Crippen molar-refractivity contribution in [2.24, 2.45) is 0 Å². The molecule has 0 amide bonds. The molecule has 0 aliphatic rings. The number of hydrogen-bond donors (Lipinski definition) is 1. The molecule has 2 aromatic rings. The number of rotatable bonds is 8. The first-order chi connectivity index (χ1) is 10.2. The third-order valence-corrected chi connectivity index (χ3v) is 3.63. The Morgan fingerprint density at radius 1 is 1.29 bits per heavy atom. The number of hydrogen-bond acceptors (Lipinski definition) is 4. The largest absolute Gasteiger partial charge is 0.439 e. The lowest BCUT2D eigenvalue weighted by Gasteiger charge is -2.18. The predicted molar refractivity (Wildman–Crippen MR) is 84.2 cm³/mol. The molecule has 0 radical (unpaired) electrons. The van der Waals surface area contributed by atoms with Gasteiger partial charge >= 0.3 is 0 Å². The second-order valence-corrected chi connectivity index (χ2v) is 5.36. The standard InChI is InChI=1S/C16H21ClN2O2/c1-2-3-8-19(9-10-20)12-16-18-11-15(21-16)13-6-4-5-7-14(13)17/h4-7,11,20H,2-3,8-10,12H2,1H3. The SMILES string of the molecule is CCCCN(CCO)Cc1ncc(-c2ccccc2Cl)o1. The summed E-state index contributed by atoms with van der Waals surface area (Å²) < 4.78 is 5.79. The molecule has 1 heterocycles. The summed E-state index contributed by atoms with van der Waals surface area (Å²) in [6.45, 7) is 4.45. The van der Waals surface area contributed by atoms with Crippen molar-refractivity contribution in [3.8, 4) is 11.3 Å². The van der Waals surface area contributed by atoms with Crippen molar-refractivity contribution >= 4 is 11.6 Å². The number of aliphatic hydroxyl groups excluding tert-OH is 1. The van der Waals surface area contributed by atoms with E-state index < -0.39 is 0 Å². The summed E-state index contributed by atoms with van der Waals surface area (Å²) in [5.74, 6) is 1.32. The Morgan fingerprint density at radius 3 is 2.81 bits per heavy atom. The number of nitrogens with zero attached hydrogens (tertiary/aromatic N) is 2. The summed E-state index contributed by atoms with van der Waals surface area (Å²) >= 11 is 6.16. The van der Waals surface area contributed by atoms with Gasteiger partial charge in [0.25, 0.3) is 0 Å². The molecule has 0 bridgehead atoms. The minimum atomic E-state index is 0.141. The van der Waals surface area contributed by atoms with Gasteiger partial charge in [-0.1, -0.05) is 37.1 Å². The minimum Gasteiger partial charge on any atom is -0.439 e. The number of aromatic nitrogens is 1. The minimum absolute atomic E-state index is 0.141. The highest BCUT2D eigenvalue weighted by Crippen LogP contribution is 2.28. The molecule has 4 nitrogen and oxygen atoms in total. The Hall–Kier alpha value is -1.36. The van der Waals surface area contributed by atoms with E-state index in [2.05, 4.69) is 16.8 Å². The molecule has 0 aliphatic carbocycles. The Bertz CT molecular complexity index is 557. The summed E-state index contributed by atoms with van der Waals surface area (Å²) in [5, 5.41) is 9.77. The maximum Gasteiger partial charge on any atom is 0.209 e. The highest BCUT2D eigenvalue weighted by Gasteiger charge is 2.12. The summed E-state index contributed by atoms with van der Waals surface area (Å²) in [5.41, 5.74) is 0.847. The third kappa shape index (κ3) is 4.56. The Morgan fingerprint density at radius 2 is 2.10 bits per heavy atom. The molecule has 2 rings (SSSR count). The van der Waals surface area contributed by atoms with Gasteiger partial charge in [-0.3, -0.25) is 4.90 Å². The van der Waals surface area contributed by atoms with Crippen molar-refractivity contribution in [2.45, 2.75) is 26.3 Å². The van der Waals surface area contributed by atoms with Gasteiger partial charge in [0.2, 0.25) is 5.89 Å². The van der Waals surface area contributed by atoms with Crippen LogP contribution in [0.5, 0.6) is 0 Å². The van der Waals surface area contributed by atoms with Gasteiger partial charge in [0.15, 0.2) is 5.76 Å². The Labute approximate surface area is 130 Å². The highest BCUT2D eigenvalue weighted by atomic mass is 35.5. The third-order valence-electron chi connectivity index (χ3n) is 3.30. The van der Waals surface area contributed by atoms with Crippen LogP contribution < -0.4 is 0 Å². The molecule has 0 unspecified atom stereocenters. The van der Waals surface area contributed by atoms with Gasteiger partial charge in [0.05, 0.1) is 24.4 Å². The van der Waals surface area contributed by atoms with E-state index in [0.717, 1.165) is 24.9 Å². The van der Waals surface area contributed by atoms with E-state index in [9.17, 15) is 0 Å². The van der Waals surface area contributed by atoms with Crippen LogP contribution in [0.4, 0.5) is 0 Å². The molecule has 0 spiro atoms. The van der Waals surface area contributed by atoms with Crippen LogP contribution in [-0.4, -0.2) is 34.7 Å². The zero-order chi connectivity index (χ0) is 15.1. The van der Waals surface area contributed by atoms with Gasteiger partial charge in [-0.2, -0.15) is 0 Å². The van der Waals surface area contributed by atoms with Crippen molar-refractivity contribution < 1.29 is 9.52 Å². The molecule has 0 saturated heterocycles. The van der Waals surface area contributed by atoms with Crippen LogP contribution in [0.3, 0.4) is 0 Å². The van der Waals surface area contributed by atoms with E-state index in [1.165, 1.54) is 0 Å². The molecule has 1 aromatic heterocycles. The lowest BCUT2D eigenvalue weighted by molar-refractivity contribution is 0.177. The van der Waals surface area contributed by atoms with Crippen LogP contribution >= 0.6 is 11.6 Å². The van der Waals surface area contributed by atoms with Crippen molar-refractivity contribution in [1.29, 1.82) is 0 Å². The van der Waals surface area contributed by atoms with Gasteiger partial charge in [0.1, 0.15) is 0 Å². The van der Waals surface area contributed by atoms with Crippen LogP contribution in [0, 0.1) is 0 Å². The van der Waals surface area contributed by atoms with Crippen molar-refractivity contribution in [1.82, 2.24) is 9.88 Å². The van der Waals surface area contributed by atoms with Gasteiger partial charge in [0, 0.05) is 12.1 Å². The lowest BCUT2D eigenvalue weighted by Crippen LogP contribution is -2.27. The van der Waals surface area contributed by atoms with Gasteiger partial charge in [-0.05, 0) is 25.1 Å². The molecule has 114 valence electrons. The maximum atomic E-state index is 9.12. The maximum absolute atomic E-state index is 9.12. The van der Waals surface area contributed by atoms with Gasteiger partial charge < -0.3 is 9.52 Å². The molecule has 0 atom stereocenters. The molecule has 21 heavy (non-hydrogen) atoms. The molecule has 5 heteroatoms. The van der Waals surface area contributed by atoms with Crippen molar-refractivity contribution in [3.05, 3.63) is 41.4 Å². The van der Waals surface area contributed by atoms with E-state index in [-0.39, 0.29) is 6.61 Å². The topological polar surface area (TPSA) is 49.5 Å². The summed E-state index contributed by atoms with van der Waals surface area (Å²) in [7, 11) is 0. The first-order valence-corrected chi connectivity index (χ1v) is 7.65. The average molecular weight is 309 g/mol. The molecule has 0 fully saturated rings. The molecule has 1 N–H and O–H groups in total. The monoisotopic (exact) mass is 308 g/mol.